The largest absolute Gasteiger partial charge is 0.394 e. The standard InChI is InChI=1S/C18H32O13/c1-6-7(21)2-9(23)17(27-6)30-14-13(25)12(5-20)28-16(26)15(14)31-18-10(24)3-8(22)11(4-19)29-18/h6-26H,2-5H2,1H3/t6-,7-,8-,9-,10-,11-,12-,13-,14+,15+,16+,17-,18-/m1/s1. The average molecular weight is 456 g/mol. The van der Waals surface area contributed by atoms with Crippen LogP contribution < -0.4 is 0 Å². The van der Waals surface area contributed by atoms with Crippen LogP contribution in [0.4, 0.5) is 0 Å². The zero-order valence-electron chi connectivity index (χ0n) is 17.0. The van der Waals surface area contributed by atoms with Crippen molar-refractivity contribution in [2.45, 2.75) is 99.7 Å². The first-order valence-corrected chi connectivity index (χ1v) is 10.2. The van der Waals surface area contributed by atoms with Gasteiger partial charge in [-0.2, -0.15) is 0 Å². The minimum Gasteiger partial charge on any atom is -0.394 e. The summed E-state index contributed by atoms with van der Waals surface area (Å²) in [6, 6.07) is 0. The first-order chi connectivity index (χ1) is 14.7. The van der Waals surface area contributed by atoms with E-state index in [2.05, 4.69) is 0 Å². The Kier molecular flexibility index (Phi) is 8.59. The highest BCUT2D eigenvalue weighted by molar-refractivity contribution is 4.93. The van der Waals surface area contributed by atoms with Crippen LogP contribution in [0.3, 0.4) is 0 Å². The van der Waals surface area contributed by atoms with Crippen LogP contribution in [0.25, 0.3) is 0 Å². The van der Waals surface area contributed by atoms with Crippen LogP contribution in [0, 0.1) is 0 Å². The third kappa shape index (κ3) is 5.52. The zero-order chi connectivity index (χ0) is 22.9. The number of aliphatic hydroxyl groups is 8. The van der Waals surface area contributed by atoms with Gasteiger partial charge in [-0.3, -0.25) is 0 Å². The lowest BCUT2D eigenvalue weighted by Gasteiger charge is -2.47. The topological polar surface area (TPSA) is 208 Å². The third-order valence-corrected chi connectivity index (χ3v) is 5.80. The van der Waals surface area contributed by atoms with E-state index in [1.54, 1.807) is 6.92 Å². The maximum atomic E-state index is 10.6. The van der Waals surface area contributed by atoms with E-state index < -0.39 is 93.1 Å². The Bertz CT molecular complexity index is 567. The van der Waals surface area contributed by atoms with E-state index in [4.69, 9.17) is 23.7 Å². The summed E-state index contributed by atoms with van der Waals surface area (Å²) < 4.78 is 27.3. The highest BCUT2D eigenvalue weighted by atomic mass is 16.8. The average Bonchev–Trinajstić information content (AvgIpc) is 2.72. The maximum absolute atomic E-state index is 10.6. The summed E-state index contributed by atoms with van der Waals surface area (Å²) >= 11 is 0. The van der Waals surface area contributed by atoms with Crippen molar-refractivity contribution in [3.63, 3.8) is 0 Å². The molecule has 13 atom stereocenters. The van der Waals surface area contributed by atoms with Crippen LogP contribution in [-0.4, -0.2) is 134 Å². The van der Waals surface area contributed by atoms with Crippen LogP contribution in [-0.2, 0) is 23.7 Å². The third-order valence-electron chi connectivity index (χ3n) is 5.80. The molecule has 0 aromatic heterocycles. The van der Waals surface area contributed by atoms with Crippen molar-refractivity contribution >= 4 is 0 Å². The summed E-state index contributed by atoms with van der Waals surface area (Å²) in [6.07, 6.45) is -16.7. The van der Waals surface area contributed by atoms with Gasteiger partial charge in [0.25, 0.3) is 0 Å². The molecule has 13 nitrogen and oxygen atoms in total. The van der Waals surface area contributed by atoms with E-state index in [1.807, 2.05) is 0 Å². The highest BCUT2D eigenvalue weighted by Crippen LogP contribution is 2.32. The molecule has 0 bridgehead atoms. The molecule has 3 aliphatic rings. The molecule has 0 aromatic rings. The van der Waals surface area contributed by atoms with E-state index in [1.165, 1.54) is 0 Å². The molecular weight excluding hydrogens is 424 g/mol. The molecule has 0 radical (unpaired) electrons. The summed E-state index contributed by atoms with van der Waals surface area (Å²) in [5.74, 6) is 0. The van der Waals surface area contributed by atoms with Crippen molar-refractivity contribution < 1.29 is 64.5 Å². The van der Waals surface area contributed by atoms with Gasteiger partial charge >= 0.3 is 0 Å². The Morgan fingerprint density at radius 2 is 1.23 bits per heavy atom. The van der Waals surface area contributed by atoms with Gasteiger partial charge in [0.2, 0.25) is 0 Å². The molecule has 3 heterocycles. The fourth-order valence-electron chi connectivity index (χ4n) is 3.89. The molecule has 0 spiro atoms. The molecule has 3 saturated heterocycles. The van der Waals surface area contributed by atoms with Crippen molar-refractivity contribution in [1.82, 2.24) is 0 Å². The smallest absolute Gasteiger partial charge is 0.184 e. The van der Waals surface area contributed by atoms with E-state index in [9.17, 15) is 40.9 Å². The Morgan fingerprint density at radius 1 is 0.677 bits per heavy atom. The Balaban J connectivity index is 1.77. The normalized spacial score (nSPS) is 51.6. The molecule has 0 saturated carbocycles. The molecule has 31 heavy (non-hydrogen) atoms. The van der Waals surface area contributed by atoms with Crippen molar-refractivity contribution in [1.29, 1.82) is 0 Å². The summed E-state index contributed by atoms with van der Waals surface area (Å²) in [5, 5.41) is 79.9. The molecule has 0 aliphatic carbocycles. The van der Waals surface area contributed by atoms with Gasteiger partial charge in [-0.15, -0.1) is 0 Å². The highest BCUT2D eigenvalue weighted by Gasteiger charge is 2.51. The van der Waals surface area contributed by atoms with E-state index in [-0.39, 0.29) is 12.8 Å². The Hall–Kier alpha value is -0.520. The number of hydrogen-bond acceptors (Lipinski definition) is 13. The van der Waals surface area contributed by atoms with Crippen molar-refractivity contribution in [2.24, 2.45) is 0 Å². The second-order valence-corrected chi connectivity index (χ2v) is 8.12. The van der Waals surface area contributed by atoms with E-state index in [0.29, 0.717) is 0 Å². The van der Waals surface area contributed by atoms with Crippen molar-refractivity contribution in [2.75, 3.05) is 13.2 Å². The van der Waals surface area contributed by atoms with Crippen LogP contribution in [0.15, 0.2) is 0 Å². The van der Waals surface area contributed by atoms with Crippen molar-refractivity contribution in [3.05, 3.63) is 0 Å². The van der Waals surface area contributed by atoms with Crippen molar-refractivity contribution in [3.8, 4) is 0 Å². The van der Waals surface area contributed by atoms with Crippen LogP contribution in [0.1, 0.15) is 19.8 Å². The second-order valence-electron chi connectivity index (χ2n) is 8.12. The van der Waals surface area contributed by atoms with Gasteiger partial charge in [0, 0.05) is 12.8 Å². The zero-order valence-corrected chi connectivity index (χ0v) is 17.0. The van der Waals surface area contributed by atoms with Gasteiger partial charge in [0.1, 0.15) is 42.7 Å². The SMILES string of the molecule is C[C@H]1O[C@H](O[C@H]2[C@H](O)[C@@H](CO)O[C@H](O)[C@H]2O[C@H]2O[C@H](CO)[C@H](O)C[C@H]2O)[C@H](O)C[C@H]1O. The van der Waals surface area contributed by atoms with Crippen LogP contribution in [0.5, 0.6) is 0 Å². The summed E-state index contributed by atoms with van der Waals surface area (Å²) in [4.78, 5) is 0. The van der Waals surface area contributed by atoms with Crippen LogP contribution >= 0.6 is 0 Å². The lowest BCUT2D eigenvalue weighted by molar-refractivity contribution is -0.376. The Labute approximate surface area is 178 Å². The summed E-state index contributed by atoms with van der Waals surface area (Å²) in [6.45, 7) is 0.365. The first-order valence-electron chi connectivity index (χ1n) is 10.2. The number of rotatable bonds is 6. The van der Waals surface area contributed by atoms with Gasteiger partial charge in [-0.05, 0) is 6.92 Å². The molecule has 0 unspecified atom stereocenters. The second kappa shape index (κ2) is 10.6. The molecule has 3 aliphatic heterocycles. The first kappa shape index (κ1) is 25.1. The molecule has 0 amide bonds. The lowest BCUT2D eigenvalue weighted by atomic mass is 9.97. The molecular formula is C18H32O13. The number of ether oxygens (including phenoxy) is 5. The van der Waals surface area contributed by atoms with Gasteiger partial charge < -0.3 is 64.5 Å². The minimum absolute atomic E-state index is 0.0524. The maximum Gasteiger partial charge on any atom is 0.184 e. The van der Waals surface area contributed by atoms with E-state index >= 15 is 0 Å². The predicted octanol–water partition coefficient (Wildman–Crippen LogP) is -4.49. The predicted molar refractivity (Wildman–Crippen MR) is 97.1 cm³/mol. The summed E-state index contributed by atoms with van der Waals surface area (Å²) in [5.41, 5.74) is 0. The molecule has 8 N–H and O–H groups in total. The number of aliphatic hydroxyl groups excluding tert-OH is 8. The van der Waals surface area contributed by atoms with E-state index in [0.717, 1.165) is 0 Å². The minimum atomic E-state index is -1.73. The molecule has 13 heteroatoms. The molecule has 0 aromatic carbocycles. The monoisotopic (exact) mass is 456 g/mol. The molecule has 3 fully saturated rings. The van der Waals surface area contributed by atoms with Crippen LogP contribution in [0.2, 0.25) is 0 Å². The summed E-state index contributed by atoms with van der Waals surface area (Å²) in [7, 11) is 0. The molecule has 3 rings (SSSR count). The fraction of sp³-hybridized carbons (Fsp3) is 1.00. The molecule has 182 valence electrons. The lowest BCUT2D eigenvalue weighted by Crippen LogP contribution is -2.64. The fourth-order valence-corrected chi connectivity index (χ4v) is 3.89. The quantitative estimate of drug-likeness (QED) is 0.190. The van der Waals surface area contributed by atoms with Gasteiger partial charge in [-0.25, -0.2) is 0 Å². The van der Waals surface area contributed by atoms with Gasteiger partial charge in [0.15, 0.2) is 18.9 Å². The van der Waals surface area contributed by atoms with Gasteiger partial charge in [-0.1, -0.05) is 0 Å². The van der Waals surface area contributed by atoms with Gasteiger partial charge in [0.05, 0.1) is 31.5 Å². The number of hydrogen-bond donors (Lipinski definition) is 8. The Morgan fingerprint density at radius 3 is 1.84 bits per heavy atom.